The molecule has 3 aliphatic rings. The first-order valence-corrected chi connectivity index (χ1v) is 16.0. The van der Waals surface area contributed by atoms with Gasteiger partial charge in [0.25, 0.3) is 0 Å². The number of fused-ring (bicyclic) bond motifs is 1. The molecule has 228 valence electrons. The third-order valence-corrected chi connectivity index (χ3v) is 9.19. The first kappa shape index (κ1) is 28.8. The summed E-state index contributed by atoms with van der Waals surface area (Å²) in [5.74, 6) is 1.92. The van der Waals surface area contributed by atoms with Gasteiger partial charge in [-0.05, 0) is 61.6 Å². The lowest BCUT2D eigenvalue weighted by Gasteiger charge is -2.36. The summed E-state index contributed by atoms with van der Waals surface area (Å²) in [7, 11) is 0. The minimum atomic E-state index is -0.151. The Balaban J connectivity index is 0.971. The zero-order valence-electron chi connectivity index (χ0n) is 25.2. The second-order valence-corrected chi connectivity index (χ2v) is 12.3. The largest absolute Gasteiger partial charge is 0.455 e. The lowest BCUT2D eigenvalue weighted by Crippen LogP contribution is -2.42. The monoisotopic (exact) mass is 591 g/mol. The summed E-state index contributed by atoms with van der Waals surface area (Å²) < 4.78 is 11.7. The standard InChI is InChI=1S/C36H41N5O3/c42-36(39-33-22-31(33)34-12-6-7-17-41(34)24-26-8-2-1-3-9-26)38-32-15-16-35(30-11-5-4-10-29(30)32)44-28-14-13-27(37-23-28)25-40-18-20-43-21-19-40/h1-5,8-11,13-16,23,31,33-34H,6-7,12,17-22,24-25H2,(H2,38,39,42). The summed E-state index contributed by atoms with van der Waals surface area (Å²) in [6.45, 7) is 6.33. The molecule has 3 aromatic carbocycles. The second kappa shape index (κ2) is 13.3. The number of pyridine rings is 1. The number of rotatable bonds is 9. The highest BCUT2D eigenvalue weighted by atomic mass is 16.5. The number of ether oxygens (including phenoxy) is 2. The van der Waals surface area contributed by atoms with E-state index in [1.54, 1.807) is 6.20 Å². The Morgan fingerprint density at radius 1 is 0.886 bits per heavy atom. The van der Waals surface area contributed by atoms with Crippen LogP contribution in [0.25, 0.3) is 10.8 Å². The highest BCUT2D eigenvalue weighted by Gasteiger charge is 2.46. The number of aromatic nitrogens is 1. The maximum atomic E-state index is 13.2. The van der Waals surface area contributed by atoms with Crippen LogP contribution in [0.2, 0.25) is 0 Å². The van der Waals surface area contributed by atoms with Crippen LogP contribution in [0.1, 0.15) is 36.9 Å². The highest BCUT2D eigenvalue weighted by Crippen LogP contribution is 2.41. The van der Waals surface area contributed by atoms with Gasteiger partial charge in [-0.2, -0.15) is 0 Å². The number of carbonyl (C=O) groups is 1. The molecule has 44 heavy (non-hydrogen) atoms. The van der Waals surface area contributed by atoms with E-state index in [1.165, 1.54) is 24.8 Å². The number of amides is 2. The predicted molar refractivity (Wildman–Crippen MR) is 173 cm³/mol. The molecule has 0 radical (unpaired) electrons. The van der Waals surface area contributed by atoms with Crippen LogP contribution in [0, 0.1) is 5.92 Å². The van der Waals surface area contributed by atoms with Crippen LogP contribution in [0.5, 0.6) is 11.5 Å². The van der Waals surface area contributed by atoms with Crippen LogP contribution in [-0.2, 0) is 17.8 Å². The molecule has 8 heteroatoms. The van der Waals surface area contributed by atoms with Crippen LogP contribution in [0.4, 0.5) is 10.5 Å². The Kier molecular flexibility index (Phi) is 8.72. The van der Waals surface area contributed by atoms with Gasteiger partial charge in [-0.25, -0.2) is 4.79 Å². The van der Waals surface area contributed by atoms with E-state index in [2.05, 4.69) is 55.7 Å². The van der Waals surface area contributed by atoms with Gasteiger partial charge in [0.2, 0.25) is 0 Å². The second-order valence-electron chi connectivity index (χ2n) is 12.3. The molecule has 1 saturated carbocycles. The molecule has 7 rings (SSSR count). The quantitative estimate of drug-likeness (QED) is 0.234. The maximum Gasteiger partial charge on any atom is 0.319 e. The molecular formula is C36H41N5O3. The predicted octanol–water partition coefficient (Wildman–Crippen LogP) is 6.42. The van der Waals surface area contributed by atoms with Gasteiger partial charge in [0.15, 0.2) is 0 Å². The summed E-state index contributed by atoms with van der Waals surface area (Å²) in [5.41, 5.74) is 3.14. The van der Waals surface area contributed by atoms with E-state index in [0.29, 0.717) is 17.7 Å². The van der Waals surface area contributed by atoms with E-state index < -0.39 is 0 Å². The van der Waals surface area contributed by atoms with E-state index in [0.717, 1.165) is 80.3 Å². The fourth-order valence-electron chi connectivity index (χ4n) is 6.80. The molecule has 2 amide bonds. The van der Waals surface area contributed by atoms with Crippen molar-refractivity contribution in [3.8, 4) is 11.5 Å². The molecule has 2 N–H and O–H groups in total. The van der Waals surface area contributed by atoms with E-state index >= 15 is 0 Å². The molecule has 1 aromatic heterocycles. The summed E-state index contributed by atoms with van der Waals surface area (Å²) >= 11 is 0. The Morgan fingerprint density at radius 2 is 1.70 bits per heavy atom. The number of likely N-dealkylation sites (tertiary alicyclic amines) is 1. The van der Waals surface area contributed by atoms with Gasteiger partial charge in [-0.1, -0.05) is 61.0 Å². The normalized spacial score (nSPS) is 22.4. The van der Waals surface area contributed by atoms with Crippen LogP contribution in [0.3, 0.4) is 0 Å². The van der Waals surface area contributed by atoms with Gasteiger partial charge >= 0.3 is 6.03 Å². The van der Waals surface area contributed by atoms with Crippen molar-refractivity contribution in [1.29, 1.82) is 0 Å². The molecular weight excluding hydrogens is 550 g/mol. The molecule has 3 fully saturated rings. The van der Waals surface area contributed by atoms with Crippen molar-refractivity contribution in [2.45, 2.75) is 50.9 Å². The average Bonchev–Trinajstić information content (AvgIpc) is 3.83. The number of piperidine rings is 1. The number of hydrogen-bond acceptors (Lipinski definition) is 6. The van der Waals surface area contributed by atoms with Crippen molar-refractivity contribution in [1.82, 2.24) is 20.1 Å². The minimum Gasteiger partial charge on any atom is -0.455 e. The van der Waals surface area contributed by atoms with E-state index in [-0.39, 0.29) is 12.1 Å². The van der Waals surface area contributed by atoms with Gasteiger partial charge in [-0.15, -0.1) is 0 Å². The number of carbonyl (C=O) groups excluding carboxylic acids is 1. The van der Waals surface area contributed by atoms with Crippen molar-refractivity contribution in [3.63, 3.8) is 0 Å². The lowest BCUT2D eigenvalue weighted by atomic mass is 9.97. The van der Waals surface area contributed by atoms with Crippen molar-refractivity contribution in [2.75, 3.05) is 38.2 Å². The zero-order valence-corrected chi connectivity index (χ0v) is 25.2. The fourth-order valence-corrected chi connectivity index (χ4v) is 6.80. The van der Waals surface area contributed by atoms with E-state index in [4.69, 9.17) is 9.47 Å². The molecule has 8 nitrogen and oxygen atoms in total. The summed E-state index contributed by atoms with van der Waals surface area (Å²) in [6, 6.07) is 27.2. The topological polar surface area (TPSA) is 79.0 Å². The number of benzene rings is 3. The number of urea groups is 1. The van der Waals surface area contributed by atoms with Crippen LogP contribution >= 0.6 is 0 Å². The molecule has 2 saturated heterocycles. The highest BCUT2D eigenvalue weighted by molar-refractivity contribution is 6.04. The summed E-state index contributed by atoms with van der Waals surface area (Å²) in [6.07, 6.45) is 6.54. The first-order chi connectivity index (χ1) is 21.7. The maximum absolute atomic E-state index is 13.2. The number of morpholine rings is 1. The molecule has 3 unspecified atom stereocenters. The molecule has 1 aliphatic carbocycles. The van der Waals surface area contributed by atoms with Crippen molar-refractivity contribution in [3.05, 3.63) is 96.3 Å². The third-order valence-electron chi connectivity index (χ3n) is 9.19. The van der Waals surface area contributed by atoms with Crippen molar-refractivity contribution >= 4 is 22.5 Å². The Hall–Kier alpha value is -3.98. The Labute approximate surface area is 259 Å². The first-order valence-electron chi connectivity index (χ1n) is 16.0. The Morgan fingerprint density at radius 3 is 2.52 bits per heavy atom. The van der Waals surface area contributed by atoms with Crippen LogP contribution in [0.15, 0.2) is 85.1 Å². The summed E-state index contributed by atoms with van der Waals surface area (Å²) in [5, 5.41) is 8.26. The molecule has 3 atom stereocenters. The lowest BCUT2D eigenvalue weighted by molar-refractivity contribution is 0.0336. The minimum absolute atomic E-state index is 0.151. The van der Waals surface area contributed by atoms with Gasteiger partial charge in [0.1, 0.15) is 11.5 Å². The van der Waals surface area contributed by atoms with E-state index in [9.17, 15) is 4.79 Å². The van der Waals surface area contributed by atoms with Gasteiger partial charge < -0.3 is 20.1 Å². The third kappa shape index (κ3) is 6.88. The molecule has 3 heterocycles. The summed E-state index contributed by atoms with van der Waals surface area (Å²) in [4.78, 5) is 22.8. The van der Waals surface area contributed by atoms with E-state index in [1.807, 2.05) is 48.5 Å². The number of nitrogens with zero attached hydrogens (tertiary/aromatic N) is 3. The number of hydrogen-bond donors (Lipinski definition) is 2. The van der Waals surface area contributed by atoms with Crippen LogP contribution in [-0.4, -0.2) is 65.7 Å². The SMILES string of the molecule is O=C(Nc1ccc(Oc2ccc(CN3CCOCC3)nc2)c2ccccc12)NC1CC1C1CCCCN1Cc1ccccc1. The van der Waals surface area contributed by atoms with Crippen LogP contribution < -0.4 is 15.4 Å². The molecule has 2 aliphatic heterocycles. The van der Waals surface area contributed by atoms with Gasteiger partial charge in [-0.3, -0.25) is 14.8 Å². The number of nitrogens with one attached hydrogen (secondary N) is 2. The fraction of sp³-hybridized carbons (Fsp3) is 0.389. The van der Waals surface area contributed by atoms with Crippen molar-refractivity contribution < 1.29 is 14.3 Å². The molecule has 0 bridgehead atoms. The Bertz CT molecular complexity index is 1560. The van der Waals surface area contributed by atoms with Crippen molar-refractivity contribution in [2.24, 2.45) is 5.92 Å². The average molecular weight is 592 g/mol. The van der Waals surface area contributed by atoms with Gasteiger partial charge in [0.05, 0.1) is 30.8 Å². The zero-order chi connectivity index (χ0) is 29.7. The van der Waals surface area contributed by atoms with Gasteiger partial charge in [0, 0.05) is 49.0 Å². The number of anilines is 1. The molecule has 0 spiro atoms. The smallest absolute Gasteiger partial charge is 0.319 e. The molecule has 4 aromatic rings.